The summed E-state index contributed by atoms with van der Waals surface area (Å²) in [6, 6.07) is 17.5. The molecule has 0 aliphatic heterocycles. The van der Waals surface area contributed by atoms with Gasteiger partial charge in [0.25, 0.3) is 0 Å². The summed E-state index contributed by atoms with van der Waals surface area (Å²) in [5.74, 6) is 0. The lowest BCUT2D eigenvalue weighted by Gasteiger charge is -2.19. The molecule has 0 spiro atoms. The highest BCUT2D eigenvalue weighted by Gasteiger charge is 2.13. The maximum Gasteiger partial charge on any atom is 0.0332 e. The average molecular weight is 318 g/mol. The molecule has 0 fully saturated rings. The largest absolute Gasteiger partial charge is 0.313 e. The predicted molar refractivity (Wildman–Crippen MR) is 85.4 cm³/mol. The van der Waals surface area contributed by atoms with Crippen molar-refractivity contribution < 1.29 is 0 Å². The first kappa shape index (κ1) is 14.3. The minimum absolute atomic E-state index is 0.384. The fourth-order valence-corrected chi connectivity index (χ4v) is 2.89. The highest BCUT2D eigenvalue weighted by molar-refractivity contribution is 9.10. The molecule has 2 aromatic carbocycles. The summed E-state index contributed by atoms with van der Waals surface area (Å²) in [6.07, 6.45) is 2.19. The van der Waals surface area contributed by atoms with E-state index in [1.54, 1.807) is 0 Å². The molecule has 100 valence electrons. The Labute approximate surface area is 124 Å². The maximum atomic E-state index is 3.71. The lowest BCUT2D eigenvalue weighted by molar-refractivity contribution is 0.547. The summed E-state index contributed by atoms with van der Waals surface area (Å²) >= 11 is 3.71. The second-order valence-electron chi connectivity index (χ2n) is 4.84. The Kier molecular flexibility index (Phi) is 5.17. The van der Waals surface area contributed by atoms with Gasteiger partial charge in [-0.3, -0.25) is 0 Å². The summed E-state index contributed by atoms with van der Waals surface area (Å²) in [5, 5.41) is 3.43. The Morgan fingerprint density at radius 3 is 2.47 bits per heavy atom. The molecule has 0 aliphatic rings. The third-order valence-corrected chi connectivity index (χ3v) is 4.59. The van der Waals surface area contributed by atoms with Crippen molar-refractivity contribution in [2.24, 2.45) is 0 Å². The standard InChI is InChI=1S/C17H20BrN/c1-13-7-6-10-15(17(13)18)16(19-2)12-11-14-8-4-3-5-9-14/h3-10,16,19H,11-12H2,1-2H3. The van der Waals surface area contributed by atoms with Gasteiger partial charge in [-0.1, -0.05) is 64.5 Å². The van der Waals surface area contributed by atoms with Gasteiger partial charge < -0.3 is 5.32 Å². The van der Waals surface area contributed by atoms with E-state index in [0.29, 0.717) is 6.04 Å². The van der Waals surface area contributed by atoms with Crippen LogP contribution in [0.15, 0.2) is 53.0 Å². The Morgan fingerprint density at radius 1 is 1.05 bits per heavy atom. The number of hydrogen-bond donors (Lipinski definition) is 1. The van der Waals surface area contributed by atoms with Crippen LogP contribution in [0.2, 0.25) is 0 Å². The predicted octanol–water partition coefficient (Wildman–Crippen LogP) is 4.65. The normalized spacial score (nSPS) is 12.4. The van der Waals surface area contributed by atoms with E-state index in [9.17, 15) is 0 Å². The molecule has 0 saturated heterocycles. The molecule has 2 heteroatoms. The average Bonchev–Trinajstić information content (AvgIpc) is 2.45. The van der Waals surface area contributed by atoms with Crippen LogP contribution >= 0.6 is 15.9 Å². The number of halogens is 1. The lowest BCUT2D eigenvalue weighted by atomic mass is 9.98. The number of rotatable bonds is 5. The minimum atomic E-state index is 0.384. The van der Waals surface area contributed by atoms with Crippen LogP contribution in [-0.4, -0.2) is 7.05 Å². The summed E-state index contributed by atoms with van der Waals surface area (Å²) < 4.78 is 1.22. The van der Waals surface area contributed by atoms with Crippen LogP contribution in [-0.2, 0) is 6.42 Å². The molecule has 1 N–H and O–H groups in total. The van der Waals surface area contributed by atoms with Crippen molar-refractivity contribution in [3.8, 4) is 0 Å². The van der Waals surface area contributed by atoms with Crippen molar-refractivity contribution >= 4 is 15.9 Å². The number of aryl methyl sites for hydroxylation is 2. The third-order valence-electron chi connectivity index (χ3n) is 3.51. The van der Waals surface area contributed by atoms with Crippen LogP contribution in [0.1, 0.15) is 29.2 Å². The first-order chi connectivity index (χ1) is 9.22. The molecule has 1 nitrogen and oxygen atoms in total. The first-order valence-electron chi connectivity index (χ1n) is 6.68. The van der Waals surface area contributed by atoms with Gasteiger partial charge in [-0.15, -0.1) is 0 Å². The van der Waals surface area contributed by atoms with Gasteiger partial charge in [0.1, 0.15) is 0 Å². The molecule has 0 saturated carbocycles. The fraction of sp³-hybridized carbons (Fsp3) is 0.294. The van der Waals surface area contributed by atoms with Crippen molar-refractivity contribution in [1.82, 2.24) is 5.32 Å². The SMILES string of the molecule is CNC(CCc1ccccc1)c1cccc(C)c1Br. The Hall–Kier alpha value is -1.12. The van der Waals surface area contributed by atoms with E-state index >= 15 is 0 Å². The van der Waals surface area contributed by atoms with Crippen molar-refractivity contribution in [1.29, 1.82) is 0 Å². The summed E-state index contributed by atoms with van der Waals surface area (Å²) in [7, 11) is 2.03. The van der Waals surface area contributed by atoms with Crippen LogP contribution in [0.4, 0.5) is 0 Å². The highest BCUT2D eigenvalue weighted by atomic mass is 79.9. The lowest BCUT2D eigenvalue weighted by Crippen LogP contribution is -2.17. The molecule has 0 heterocycles. The van der Waals surface area contributed by atoms with Crippen molar-refractivity contribution in [2.45, 2.75) is 25.8 Å². The van der Waals surface area contributed by atoms with Crippen LogP contribution < -0.4 is 5.32 Å². The van der Waals surface area contributed by atoms with Crippen LogP contribution in [0.25, 0.3) is 0 Å². The Balaban J connectivity index is 2.10. The smallest absolute Gasteiger partial charge is 0.0332 e. The molecule has 19 heavy (non-hydrogen) atoms. The molecule has 2 rings (SSSR count). The second kappa shape index (κ2) is 6.88. The van der Waals surface area contributed by atoms with Crippen molar-refractivity contribution in [3.63, 3.8) is 0 Å². The molecule has 1 unspecified atom stereocenters. The zero-order valence-electron chi connectivity index (χ0n) is 11.5. The number of hydrogen-bond acceptors (Lipinski definition) is 1. The summed E-state index contributed by atoms with van der Waals surface area (Å²) in [5.41, 5.74) is 4.03. The van der Waals surface area contributed by atoms with Gasteiger partial charge in [0.2, 0.25) is 0 Å². The van der Waals surface area contributed by atoms with Crippen LogP contribution in [0.5, 0.6) is 0 Å². The van der Waals surface area contributed by atoms with Gasteiger partial charge in [-0.05, 0) is 43.5 Å². The molecule has 0 aromatic heterocycles. The molecule has 0 amide bonds. The number of nitrogens with one attached hydrogen (secondary N) is 1. The zero-order valence-corrected chi connectivity index (χ0v) is 13.1. The van der Waals surface area contributed by atoms with Crippen LogP contribution in [0, 0.1) is 6.92 Å². The second-order valence-corrected chi connectivity index (χ2v) is 5.64. The van der Waals surface area contributed by atoms with E-state index in [1.807, 2.05) is 7.05 Å². The molecule has 0 aliphatic carbocycles. The molecular weight excluding hydrogens is 298 g/mol. The molecule has 2 aromatic rings. The van der Waals surface area contributed by atoms with Gasteiger partial charge in [0, 0.05) is 10.5 Å². The van der Waals surface area contributed by atoms with Gasteiger partial charge in [0.05, 0.1) is 0 Å². The zero-order chi connectivity index (χ0) is 13.7. The van der Waals surface area contributed by atoms with Crippen LogP contribution in [0.3, 0.4) is 0 Å². The quantitative estimate of drug-likeness (QED) is 0.846. The fourth-order valence-electron chi connectivity index (χ4n) is 2.35. The topological polar surface area (TPSA) is 12.0 Å². The monoisotopic (exact) mass is 317 g/mol. The number of benzene rings is 2. The molecule has 0 bridgehead atoms. The molecule has 0 radical (unpaired) electrons. The third kappa shape index (κ3) is 3.68. The Morgan fingerprint density at radius 2 is 1.79 bits per heavy atom. The van der Waals surface area contributed by atoms with Gasteiger partial charge in [-0.25, -0.2) is 0 Å². The Bertz CT molecular complexity index is 522. The highest BCUT2D eigenvalue weighted by Crippen LogP contribution is 2.29. The van der Waals surface area contributed by atoms with E-state index in [0.717, 1.165) is 12.8 Å². The van der Waals surface area contributed by atoms with Crippen molar-refractivity contribution in [2.75, 3.05) is 7.05 Å². The maximum absolute atomic E-state index is 3.71. The van der Waals surface area contributed by atoms with E-state index in [2.05, 4.69) is 76.7 Å². The van der Waals surface area contributed by atoms with Gasteiger partial charge in [-0.2, -0.15) is 0 Å². The van der Waals surface area contributed by atoms with Gasteiger partial charge in [0.15, 0.2) is 0 Å². The molecular formula is C17H20BrN. The van der Waals surface area contributed by atoms with Crippen molar-refractivity contribution in [3.05, 3.63) is 69.7 Å². The minimum Gasteiger partial charge on any atom is -0.313 e. The van der Waals surface area contributed by atoms with E-state index in [1.165, 1.54) is 21.2 Å². The molecule has 1 atom stereocenters. The van der Waals surface area contributed by atoms with E-state index in [4.69, 9.17) is 0 Å². The van der Waals surface area contributed by atoms with E-state index < -0.39 is 0 Å². The van der Waals surface area contributed by atoms with E-state index in [-0.39, 0.29) is 0 Å². The summed E-state index contributed by atoms with van der Waals surface area (Å²) in [4.78, 5) is 0. The first-order valence-corrected chi connectivity index (χ1v) is 7.48. The van der Waals surface area contributed by atoms with Gasteiger partial charge >= 0.3 is 0 Å². The summed E-state index contributed by atoms with van der Waals surface area (Å²) in [6.45, 7) is 2.14.